The number of aromatic amines is 1. The van der Waals surface area contributed by atoms with Crippen molar-refractivity contribution in [1.82, 2.24) is 9.55 Å². The van der Waals surface area contributed by atoms with Crippen molar-refractivity contribution < 1.29 is 9.47 Å². The lowest BCUT2D eigenvalue weighted by Crippen LogP contribution is -2.23. The second kappa shape index (κ2) is 8.22. The SMILES string of the molecule is CCCOc1c[nH]c(Cn2cccc(OCCC)c2=O)cc1=O. The van der Waals surface area contributed by atoms with Crippen LogP contribution in [0.25, 0.3) is 0 Å². The van der Waals surface area contributed by atoms with Gasteiger partial charge in [-0.2, -0.15) is 0 Å². The molecule has 2 rings (SSSR count). The van der Waals surface area contributed by atoms with Crippen LogP contribution in [0.1, 0.15) is 32.4 Å². The first kappa shape index (κ1) is 16.9. The normalized spacial score (nSPS) is 10.5. The lowest BCUT2D eigenvalue weighted by atomic mass is 10.3. The monoisotopic (exact) mass is 318 g/mol. The fourth-order valence-corrected chi connectivity index (χ4v) is 2.06. The second-order valence-electron chi connectivity index (χ2n) is 5.19. The Hall–Kier alpha value is -2.50. The highest BCUT2D eigenvalue weighted by atomic mass is 16.5. The Morgan fingerprint density at radius 2 is 1.78 bits per heavy atom. The van der Waals surface area contributed by atoms with Gasteiger partial charge in [-0.05, 0) is 25.0 Å². The van der Waals surface area contributed by atoms with Gasteiger partial charge in [-0.15, -0.1) is 0 Å². The van der Waals surface area contributed by atoms with Gasteiger partial charge in [0.25, 0.3) is 5.56 Å². The fourth-order valence-electron chi connectivity index (χ4n) is 2.06. The molecule has 1 N–H and O–H groups in total. The molecule has 2 heterocycles. The smallest absolute Gasteiger partial charge is 0.293 e. The zero-order valence-electron chi connectivity index (χ0n) is 13.5. The molecule has 0 aromatic carbocycles. The number of aromatic nitrogens is 2. The maximum atomic E-state index is 12.3. The summed E-state index contributed by atoms with van der Waals surface area (Å²) >= 11 is 0. The summed E-state index contributed by atoms with van der Waals surface area (Å²) in [5.74, 6) is 0.613. The van der Waals surface area contributed by atoms with E-state index in [0.29, 0.717) is 30.4 Å². The van der Waals surface area contributed by atoms with Crippen molar-refractivity contribution in [1.29, 1.82) is 0 Å². The fraction of sp³-hybridized carbons (Fsp3) is 0.412. The van der Waals surface area contributed by atoms with Crippen LogP contribution in [0.5, 0.6) is 11.5 Å². The van der Waals surface area contributed by atoms with Crippen LogP contribution in [0.3, 0.4) is 0 Å². The average molecular weight is 318 g/mol. The third-order valence-corrected chi connectivity index (χ3v) is 3.19. The van der Waals surface area contributed by atoms with E-state index in [1.165, 1.54) is 16.8 Å². The van der Waals surface area contributed by atoms with Crippen molar-refractivity contribution in [2.75, 3.05) is 13.2 Å². The minimum absolute atomic E-state index is 0.196. The van der Waals surface area contributed by atoms with Gasteiger partial charge in [-0.3, -0.25) is 9.59 Å². The molecular formula is C17H22N2O4. The van der Waals surface area contributed by atoms with E-state index in [-0.39, 0.29) is 17.5 Å². The Bertz CT molecular complexity index is 749. The number of pyridine rings is 2. The van der Waals surface area contributed by atoms with E-state index in [1.807, 2.05) is 13.8 Å². The number of nitrogens with zero attached hydrogens (tertiary/aromatic N) is 1. The molecule has 23 heavy (non-hydrogen) atoms. The van der Waals surface area contributed by atoms with E-state index in [2.05, 4.69) is 4.98 Å². The number of nitrogens with one attached hydrogen (secondary N) is 1. The highest BCUT2D eigenvalue weighted by Crippen LogP contribution is 2.06. The van der Waals surface area contributed by atoms with Gasteiger partial charge in [0.15, 0.2) is 11.5 Å². The molecule has 2 aromatic rings. The molecule has 0 amide bonds. The number of hydrogen-bond donors (Lipinski definition) is 1. The Kier molecular flexibility index (Phi) is 6.02. The highest BCUT2D eigenvalue weighted by Gasteiger charge is 2.07. The molecule has 0 radical (unpaired) electrons. The van der Waals surface area contributed by atoms with Gasteiger partial charge in [-0.25, -0.2) is 0 Å². The zero-order chi connectivity index (χ0) is 16.7. The van der Waals surface area contributed by atoms with Gasteiger partial charge in [0, 0.05) is 24.2 Å². The minimum Gasteiger partial charge on any atom is -0.488 e. The van der Waals surface area contributed by atoms with Crippen molar-refractivity contribution in [3.63, 3.8) is 0 Å². The van der Waals surface area contributed by atoms with E-state index in [9.17, 15) is 9.59 Å². The molecule has 0 aliphatic carbocycles. The molecular weight excluding hydrogens is 296 g/mol. The third-order valence-electron chi connectivity index (χ3n) is 3.19. The summed E-state index contributed by atoms with van der Waals surface area (Å²) in [6.45, 7) is 5.22. The molecule has 0 saturated heterocycles. The Balaban J connectivity index is 2.18. The quantitative estimate of drug-likeness (QED) is 0.809. The third kappa shape index (κ3) is 4.48. The molecule has 0 aliphatic rings. The number of ether oxygens (including phenoxy) is 2. The predicted molar refractivity (Wildman–Crippen MR) is 88.4 cm³/mol. The van der Waals surface area contributed by atoms with Gasteiger partial charge in [0.05, 0.1) is 19.8 Å². The molecule has 0 bridgehead atoms. The lowest BCUT2D eigenvalue weighted by Gasteiger charge is -2.10. The molecule has 124 valence electrons. The first-order valence-corrected chi connectivity index (χ1v) is 7.82. The summed E-state index contributed by atoms with van der Waals surface area (Å²) in [4.78, 5) is 27.3. The molecule has 0 aliphatic heterocycles. The standard InChI is InChI=1S/C17H22N2O4/c1-3-8-22-15-6-5-7-19(17(15)21)12-13-10-14(20)16(11-18-13)23-9-4-2/h5-7,10-11H,3-4,8-9,12H2,1-2H3,(H,18,20). The van der Waals surface area contributed by atoms with Crippen LogP contribution < -0.4 is 20.5 Å². The van der Waals surface area contributed by atoms with Crippen LogP contribution in [0, 0.1) is 0 Å². The predicted octanol–water partition coefficient (Wildman–Crippen LogP) is 2.16. The van der Waals surface area contributed by atoms with Gasteiger partial charge in [0.1, 0.15) is 0 Å². The van der Waals surface area contributed by atoms with E-state index < -0.39 is 0 Å². The van der Waals surface area contributed by atoms with Crippen molar-refractivity contribution in [3.05, 3.63) is 56.9 Å². The molecule has 0 unspecified atom stereocenters. The molecule has 6 nitrogen and oxygen atoms in total. The number of rotatable bonds is 8. The van der Waals surface area contributed by atoms with E-state index >= 15 is 0 Å². The first-order chi connectivity index (χ1) is 11.2. The van der Waals surface area contributed by atoms with Gasteiger partial charge >= 0.3 is 0 Å². The Morgan fingerprint density at radius 1 is 1.09 bits per heavy atom. The van der Waals surface area contributed by atoms with Crippen LogP contribution in [-0.2, 0) is 6.54 Å². The summed E-state index contributed by atoms with van der Waals surface area (Å²) in [6.07, 6.45) is 4.87. The van der Waals surface area contributed by atoms with Crippen molar-refractivity contribution in [3.8, 4) is 11.5 Å². The van der Waals surface area contributed by atoms with Crippen LogP contribution in [0.15, 0.2) is 40.2 Å². The molecule has 0 saturated carbocycles. The van der Waals surface area contributed by atoms with E-state index in [0.717, 1.165) is 12.8 Å². The lowest BCUT2D eigenvalue weighted by molar-refractivity contribution is 0.310. The van der Waals surface area contributed by atoms with Crippen molar-refractivity contribution in [2.45, 2.75) is 33.2 Å². The van der Waals surface area contributed by atoms with Crippen LogP contribution in [-0.4, -0.2) is 22.8 Å². The van der Waals surface area contributed by atoms with Gasteiger partial charge < -0.3 is 19.0 Å². The van der Waals surface area contributed by atoms with E-state index in [1.54, 1.807) is 18.3 Å². The maximum absolute atomic E-state index is 12.3. The molecule has 2 aromatic heterocycles. The van der Waals surface area contributed by atoms with E-state index in [4.69, 9.17) is 9.47 Å². The van der Waals surface area contributed by atoms with Crippen LogP contribution >= 0.6 is 0 Å². The van der Waals surface area contributed by atoms with Crippen LogP contribution in [0.2, 0.25) is 0 Å². The summed E-state index contributed by atoms with van der Waals surface area (Å²) < 4.78 is 12.3. The zero-order valence-corrected chi connectivity index (χ0v) is 13.5. The summed E-state index contributed by atoms with van der Waals surface area (Å²) in [6, 6.07) is 4.86. The molecule has 0 fully saturated rings. The Labute approximate surface area is 134 Å². The summed E-state index contributed by atoms with van der Waals surface area (Å²) in [7, 11) is 0. The number of hydrogen-bond acceptors (Lipinski definition) is 4. The molecule has 0 atom stereocenters. The highest BCUT2D eigenvalue weighted by molar-refractivity contribution is 5.22. The average Bonchev–Trinajstić information content (AvgIpc) is 2.55. The van der Waals surface area contributed by atoms with Gasteiger partial charge in [-0.1, -0.05) is 13.8 Å². The second-order valence-corrected chi connectivity index (χ2v) is 5.19. The number of H-pyrrole nitrogens is 1. The maximum Gasteiger partial charge on any atom is 0.293 e. The summed E-state index contributed by atoms with van der Waals surface area (Å²) in [5, 5.41) is 0. The Morgan fingerprint density at radius 3 is 2.43 bits per heavy atom. The van der Waals surface area contributed by atoms with Crippen molar-refractivity contribution in [2.24, 2.45) is 0 Å². The first-order valence-electron chi connectivity index (χ1n) is 7.82. The largest absolute Gasteiger partial charge is 0.488 e. The van der Waals surface area contributed by atoms with Crippen molar-refractivity contribution >= 4 is 0 Å². The topological polar surface area (TPSA) is 73.3 Å². The minimum atomic E-state index is -0.215. The summed E-state index contributed by atoms with van der Waals surface area (Å²) in [5.41, 5.74) is 0.223. The molecule has 6 heteroatoms. The van der Waals surface area contributed by atoms with Gasteiger partial charge in [0.2, 0.25) is 5.43 Å². The molecule has 0 spiro atoms. The van der Waals surface area contributed by atoms with Crippen LogP contribution in [0.4, 0.5) is 0 Å².